The molecule has 9 heteroatoms. The lowest BCUT2D eigenvalue weighted by molar-refractivity contribution is -0.150. The van der Waals surface area contributed by atoms with E-state index in [2.05, 4.69) is 10.6 Å². The van der Waals surface area contributed by atoms with Crippen molar-refractivity contribution < 1.29 is 34.4 Å². The maximum atomic E-state index is 13.0. The SMILES string of the molecule is CO[C@@H](C(=O)NC1COc2c(cccc2-c2ccccc2)NC1=O)[C@H](O)[C@@H](O)[C@H](O)/C=C/C1CCCC1. The van der Waals surface area contributed by atoms with E-state index in [1.807, 2.05) is 42.5 Å². The third-order valence-corrected chi connectivity index (χ3v) is 6.89. The molecule has 2 aliphatic rings. The Kier molecular flexibility index (Phi) is 8.94. The van der Waals surface area contributed by atoms with E-state index in [-0.39, 0.29) is 6.61 Å². The maximum absolute atomic E-state index is 13.0. The van der Waals surface area contributed by atoms with Crippen LogP contribution in [0.4, 0.5) is 5.69 Å². The number of hydrogen-bond donors (Lipinski definition) is 5. The lowest BCUT2D eigenvalue weighted by atomic mass is 9.99. The lowest BCUT2D eigenvalue weighted by Crippen LogP contribution is -2.56. The van der Waals surface area contributed by atoms with E-state index in [1.165, 1.54) is 13.2 Å². The molecule has 1 fully saturated rings. The highest BCUT2D eigenvalue weighted by atomic mass is 16.5. The molecule has 4 rings (SSSR count). The summed E-state index contributed by atoms with van der Waals surface area (Å²) in [6.07, 6.45) is 1.28. The smallest absolute Gasteiger partial charge is 0.252 e. The van der Waals surface area contributed by atoms with Crippen LogP contribution in [0.2, 0.25) is 0 Å². The number of rotatable bonds is 9. The molecule has 2 aromatic rings. The second-order valence-electron chi connectivity index (χ2n) is 9.47. The van der Waals surface area contributed by atoms with Crippen LogP contribution in [-0.4, -0.2) is 71.3 Å². The molecule has 0 bridgehead atoms. The van der Waals surface area contributed by atoms with Crippen molar-refractivity contribution in [2.24, 2.45) is 5.92 Å². The standard InChI is InChI=1S/C28H34N2O7/c1-36-26(24(33)23(32)22(31)15-14-17-8-5-6-9-17)28(35)30-21-16-37-25-19(18-10-3-2-4-11-18)12-7-13-20(25)29-27(21)34/h2-4,7,10-15,17,21-24,26,31-33H,5-6,8-9,16H2,1H3,(H,29,34)(H,30,35)/b15-14+/t21?,22-,23+,24-,26-/m1/s1. The number of methoxy groups -OCH3 is 1. The average molecular weight is 511 g/mol. The first-order valence-corrected chi connectivity index (χ1v) is 12.6. The zero-order chi connectivity index (χ0) is 26.4. The largest absolute Gasteiger partial charge is 0.488 e. The number of allylic oxidation sites excluding steroid dienone is 1. The summed E-state index contributed by atoms with van der Waals surface area (Å²) in [5.74, 6) is -0.503. The molecule has 2 aromatic carbocycles. The Hall–Kier alpha value is -3.24. The molecular formula is C28H34N2O7. The summed E-state index contributed by atoms with van der Waals surface area (Å²) < 4.78 is 11.1. The van der Waals surface area contributed by atoms with Gasteiger partial charge in [0.2, 0.25) is 0 Å². The van der Waals surface area contributed by atoms with Gasteiger partial charge in [-0.25, -0.2) is 0 Å². The molecular weight excluding hydrogens is 476 g/mol. The normalized spacial score (nSPS) is 21.3. The molecule has 1 aliphatic heterocycles. The van der Waals surface area contributed by atoms with E-state index in [0.29, 0.717) is 17.4 Å². The van der Waals surface area contributed by atoms with Gasteiger partial charge in [0.15, 0.2) is 11.9 Å². The summed E-state index contributed by atoms with van der Waals surface area (Å²) in [6.45, 7) is -0.156. The summed E-state index contributed by atoms with van der Waals surface area (Å²) in [5, 5.41) is 36.7. The van der Waals surface area contributed by atoms with Crippen molar-refractivity contribution in [3.05, 3.63) is 60.7 Å². The molecule has 1 unspecified atom stereocenters. The predicted octanol–water partition coefficient (Wildman–Crippen LogP) is 2.01. The molecule has 0 saturated heterocycles. The van der Waals surface area contributed by atoms with E-state index in [0.717, 1.165) is 36.8 Å². The number of ether oxygens (including phenoxy) is 2. The second kappa shape index (κ2) is 12.3. The Morgan fingerprint density at radius 2 is 1.81 bits per heavy atom. The highest BCUT2D eigenvalue weighted by Gasteiger charge is 2.37. The zero-order valence-corrected chi connectivity index (χ0v) is 20.7. The fourth-order valence-corrected chi connectivity index (χ4v) is 4.78. The number of hydrogen-bond acceptors (Lipinski definition) is 7. The van der Waals surface area contributed by atoms with Gasteiger partial charge in [0, 0.05) is 12.7 Å². The Balaban J connectivity index is 1.41. The summed E-state index contributed by atoms with van der Waals surface area (Å²) >= 11 is 0. The van der Waals surface area contributed by atoms with Gasteiger partial charge in [0.05, 0.1) is 5.69 Å². The number of carbonyl (C=O) groups excluding carboxylic acids is 2. The monoisotopic (exact) mass is 510 g/mol. The molecule has 37 heavy (non-hydrogen) atoms. The zero-order valence-electron chi connectivity index (χ0n) is 20.7. The number of amides is 2. The van der Waals surface area contributed by atoms with Gasteiger partial charge >= 0.3 is 0 Å². The fraction of sp³-hybridized carbons (Fsp3) is 0.429. The number of anilines is 1. The number of carbonyl (C=O) groups is 2. The Morgan fingerprint density at radius 3 is 2.51 bits per heavy atom. The molecule has 1 saturated carbocycles. The number of para-hydroxylation sites is 1. The van der Waals surface area contributed by atoms with Gasteiger partial charge in [-0.05, 0) is 30.4 Å². The molecule has 5 N–H and O–H groups in total. The third-order valence-electron chi connectivity index (χ3n) is 6.89. The first-order chi connectivity index (χ1) is 17.9. The molecule has 1 heterocycles. The van der Waals surface area contributed by atoms with Crippen molar-refractivity contribution in [1.82, 2.24) is 5.32 Å². The molecule has 2 amide bonds. The van der Waals surface area contributed by atoms with Crippen LogP contribution < -0.4 is 15.4 Å². The molecule has 5 atom stereocenters. The van der Waals surface area contributed by atoms with Crippen molar-refractivity contribution in [3.8, 4) is 16.9 Å². The van der Waals surface area contributed by atoms with E-state index in [9.17, 15) is 24.9 Å². The van der Waals surface area contributed by atoms with Crippen LogP contribution in [0.3, 0.4) is 0 Å². The van der Waals surface area contributed by atoms with Crippen LogP contribution in [0, 0.1) is 5.92 Å². The molecule has 9 nitrogen and oxygen atoms in total. The minimum atomic E-state index is -1.73. The van der Waals surface area contributed by atoms with Gasteiger partial charge in [0.1, 0.15) is 31.0 Å². The van der Waals surface area contributed by atoms with Crippen LogP contribution in [0.1, 0.15) is 25.7 Å². The fourth-order valence-electron chi connectivity index (χ4n) is 4.78. The van der Waals surface area contributed by atoms with Crippen LogP contribution in [-0.2, 0) is 14.3 Å². The first-order valence-electron chi connectivity index (χ1n) is 12.6. The van der Waals surface area contributed by atoms with E-state index in [4.69, 9.17) is 9.47 Å². The van der Waals surface area contributed by atoms with Crippen LogP contribution >= 0.6 is 0 Å². The molecule has 1 aliphatic carbocycles. The highest BCUT2D eigenvalue weighted by Crippen LogP contribution is 2.37. The summed E-state index contributed by atoms with van der Waals surface area (Å²) in [4.78, 5) is 25.8. The van der Waals surface area contributed by atoms with Crippen LogP contribution in [0.15, 0.2) is 60.7 Å². The molecule has 0 spiro atoms. The third kappa shape index (κ3) is 6.37. The summed E-state index contributed by atoms with van der Waals surface area (Å²) in [7, 11) is 1.20. The van der Waals surface area contributed by atoms with Gasteiger partial charge in [-0.3, -0.25) is 9.59 Å². The van der Waals surface area contributed by atoms with Crippen molar-refractivity contribution in [3.63, 3.8) is 0 Å². The summed E-state index contributed by atoms with van der Waals surface area (Å²) in [6, 6.07) is 13.9. The van der Waals surface area contributed by atoms with Gasteiger partial charge in [0.25, 0.3) is 11.8 Å². The van der Waals surface area contributed by atoms with Gasteiger partial charge in [-0.15, -0.1) is 0 Å². The topological polar surface area (TPSA) is 137 Å². The Labute approximate surface area is 216 Å². The molecule has 198 valence electrons. The van der Waals surface area contributed by atoms with Gasteiger partial charge in [-0.2, -0.15) is 0 Å². The van der Waals surface area contributed by atoms with E-state index in [1.54, 1.807) is 12.1 Å². The number of benzene rings is 2. The van der Waals surface area contributed by atoms with Crippen molar-refractivity contribution in [2.75, 3.05) is 19.0 Å². The number of fused-ring (bicyclic) bond motifs is 1. The minimum absolute atomic E-state index is 0.156. The Bertz CT molecular complexity index is 1100. The molecule has 0 radical (unpaired) electrons. The second-order valence-corrected chi connectivity index (χ2v) is 9.47. The van der Waals surface area contributed by atoms with E-state index < -0.39 is 42.3 Å². The quantitative estimate of drug-likeness (QED) is 0.326. The lowest BCUT2D eigenvalue weighted by Gasteiger charge is -2.28. The van der Waals surface area contributed by atoms with Crippen LogP contribution in [0.25, 0.3) is 11.1 Å². The number of aliphatic hydroxyl groups excluding tert-OH is 3. The van der Waals surface area contributed by atoms with Crippen molar-refractivity contribution in [2.45, 2.75) is 56.1 Å². The minimum Gasteiger partial charge on any atom is -0.488 e. The van der Waals surface area contributed by atoms with Gasteiger partial charge < -0.3 is 35.4 Å². The maximum Gasteiger partial charge on any atom is 0.252 e. The number of aliphatic hydroxyl groups is 3. The van der Waals surface area contributed by atoms with Crippen molar-refractivity contribution >= 4 is 17.5 Å². The molecule has 0 aromatic heterocycles. The predicted molar refractivity (Wildman–Crippen MR) is 138 cm³/mol. The van der Waals surface area contributed by atoms with Crippen molar-refractivity contribution in [1.29, 1.82) is 0 Å². The Morgan fingerprint density at radius 1 is 1.08 bits per heavy atom. The van der Waals surface area contributed by atoms with Crippen LogP contribution in [0.5, 0.6) is 5.75 Å². The highest BCUT2D eigenvalue weighted by molar-refractivity contribution is 6.00. The number of nitrogens with one attached hydrogen (secondary N) is 2. The first kappa shape index (κ1) is 26.8. The van der Waals surface area contributed by atoms with Gasteiger partial charge in [-0.1, -0.05) is 67.5 Å². The summed E-state index contributed by atoms with van der Waals surface area (Å²) in [5.41, 5.74) is 2.17. The van der Waals surface area contributed by atoms with E-state index >= 15 is 0 Å². The average Bonchev–Trinajstić information content (AvgIpc) is 3.38.